The Kier molecular flexibility index (Phi) is 14.0. The van der Waals surface area contributed by atoms with Crippen molar-refractivity contribution in [3.63, 3.8) is 0 Å². The first-order valence-corrected chi connectivity index (χ1v) is 25.4. The lowest BCUT2D eigenvalue weighted by Crippen LogP contribution is -2.71. The molecular formula is C57H43ClN6O7S2. The Balaban J connectivity index is 1.02. The topological polar surface area (TPSA) is 165 Å². The number of β-lactam (4-membered cyclic amide) rings is 1. The number of non-ortho nitro benzene ring substituents is 1. The van der Waals surface area contributed by atoms with Crippen LogP contribution < -0.4 is 10.6 Å². The lowest BCUT2D eigenvalue weighted by molar-refractivity contribution is -0.384. The Morgan fingerprint density at radius 1 is 0.712 bits per heavy atom. The summed E-state index contributed by atoms with van der Waals surface area (Å²) >= 11 is 9.16. The quantitative estimate of drug-likeness (QED) is 0.0224. The Bertz CT molecular complexity index is 3140. The number of esters is 1. The molecule has 0 aliphatic carbocycles. The molecular weight excluding hydrogens is 980 g/mol. The third-order valence-electron chi connectivity index (χ3n) is 12.6. The number of nitro benzene ring substituents is 1. The summed E-state index contributed by atoms with van der Waals surface area (Å²) in [5.74, 6) is -2.07. The van der Waals surface area contributed by atoms with Crippen molar-refractivity contribution < 1.29 is 28.9 Å². The molecule has 2 aliphatic rings. The second-order valence-electron chi connectivity index (χ2n) is 16.9. The number of carbonyl (C=O) groups is 3. The van der Waals surface area contributed by atoms with Crippen molar-refractivity contribution in [1.82, 2.24) is 15.2 Å². The average molecular weight is 1020 g/mol. The van der Waals surface area contributed by atoms with Gasteiger partial charge < -0.3 is 20.2 Å². The van der Waals surface area contributed by atoms with Gasteiger partial charge in [0.1, 0.15) is 35.0 Å². The SMILES string of the molecule is O=C(OCc1ccc([N+](=O)[O-])cc1)C1=C(Cl)CS[C@@H]2[C@H](NC(=O)/C(=N\OC(c3ccccc3)(c3ccccc3)c3ccccc3)c3csc(NC(c4ccccc4)(c4ccccc4)c4ccccc4)n3)C(=O)N12. The Morgan fingerprint density at radius 2 is 1.18 bits per heavy atom. The minimum atomic E-state index is -1.39. The molecule has 3 heterocycles. The standard InChI is InChI=1S/C57H43ClN6O7S2/c58-46-36-72-53-49(52(66)63(53)50(46)54(67)70-35-38-31-33-45(34-32-38)64(68)69)60-51(65)48(62-71-57(42-25-13-4-14-26-42,43-27-15-5-16-28-43)44-29-17-6-18-30-44)47-37-73-55(59-47)61-56(39-19-7-1-8-20-39,40-21-9-2-10-22-40)41-23-11-3-12-24-41/h1-34,37,49,53H,35-36H2,(H,59,61)(H,60,65)/b62-48-/t49-,53-/m1/s1. The molecule has 1 aromatic heterocycles. The van der Waals surface area contributed by atoms with Gasteiger partial charge >= 0.3 is 5.97 Å². The first-order chi connectivity index (χ1) is 35.7. The first-order valence-electron chi connectivity index (χ1n) is 23.1. The molecule has 1 fully saturated rings. The van der Waals surface area contributed by atoms with Crippen molar-refractivity contribution in [2.24, 2.45) is 5.16 Å². The minimum Gasteiger partial charge on any atom is -0.456 e. The largest absolute Gasteiger partial charge is 0.456 e. The van der Waals surface area contributed by atoms with E-state index in [0.717, 1.165) is 33.4 Å². The highest BCUT2D eigenvalue weighted by atomic mass is 35.5. The Labute approximate surface area is 433 Å². The molecule has 0 radical (unpaired) electrons. The van der Waals surface area contributed by atoms with Gasteiger partial charge in [-0.15, -0.1) is 23.1 Å². The van der Waals surface area contributed by atoms with E-state index in [1.165, 1.54) is 52.3 Å². The Morgan fingerprint density at radius 3 is 1.64 bits per heavy atom. The van der Waals surface area contributed by atoms with Gasteiger partial charge in [-0.1, -0.05) is 199 Å². The molecule has 16 heteroatoms. The van der Waals surface area contributed by atoms with Crippen LogP contribution in [0.25, 0.3) is 0 Å². The number of amides is 2. The molecule has 2 atom stereocenters. The van der Waals surface area contributed by atoms with Crippen molar-refractivity contribution in [2.45, 2.75) is 29.2 Å². The second-order valence-corrected chi connectivity index (χ2v) is 19.4. The summed E-state index contributed by atoms with van der Waals surface area (Å²) in [5, 5.41) is 24.2. The number of nitrogens with zero attached hydrogens (tertiary/aromatic N) is 4. The van der Waals surface area contributed by atoms with Gasteiger partial charge in [0.15, 0.2) is 10.8 Å². The van der Waals surface area contributed by atoms with E-state index in [1.54, 1.807) is 5.38 Å². The van der Waals surface area contributed by atoms with Crippen molar-refractivity contribution in [3.8, 4) is 0 Å². The number of thioether (sulfide) groups is 1. The van der Waals surface area contributed by atoms with Gasteiger partial charge in [0.05, 0.1) is 9.96 Å². The number of oxime groups is 1. The number of nitro groups is 1. The van der Waals surface area contributed by atoms with Crippen LogP contribution in [-0.2, 0) is 41.7 Å². The number of aromatic nitrogens is 1. The average Bonchev–Trinajstić information content (AvgIpc) is 3.91. The molecule has 2 amide bonds. The maximum Gasteiger partial charge on any atom is 0.356 e. The van der Waals surface area contributed by atoms with Crippen LogP contribution in [0.1, 0.15) is 44.6 Å². The number of hydrogen-bond acceptors (Lipinski definition) is 12. The minimum absolute atomic E-state index is 0.0999. The fourth-order valence-electron chi connectivity index (χ4n) is 9.09. The number of anilines is 1. The highest BCUT2D eigenvalue weighted by molar-refractivity contribution is 8.00. The van der Waals surface area contributed by atoms with Crippen LogP contribution in [0.2, 0.25) is 0 Å². The van der Waals surface area contributed by atoms with Crippen molar-refractivity contribution in [1.29, 1.82) is 0 Å². The summed E-state index contributed by atoms with van der Waals surface area (Å²) in [4.78, 5) is 66.8. The normalized spacial score (nSPS) is 15.7. The summed E-state index contributed by atoms with van der Waals surface area (Å²) in [6, 6.07) is 63.4. The molecule has 10 rings (SSSR count). The van der Waals surface area contributed by atoms with Crippen LogP contribution in [-0.4, -0.2) is 55.5 Å². The third-order valence-corrected chi connectivity index (χ3v) is 15.1. The van der Waals surface area contributed by atoms with Gasteiger partial charge in [0, 0.05) is 40.0 Å². The smallest absolute Gasteiger partial charge is 0.356 e. The number of hydrogen-bond donors (Lipinski definition) is 2. The molecule has 73 heavy (non-hydrogen) atoms. The van der Waals surface area contributed by atoms with Crippen LogP contribution in [0.3, 0.4) is 0 Å². The van der Waals surface area contributed by atoms with E-state index in [1.807, 2.05) is 146 Å². The number of halogens is 1. The van der Waals surface area contributed by atoms with Crippen molar-refractivity contribution in [3.05, 3.63) is 277 Å². The number of rotatable bonds is 17. The number of fused-ring (bicyclic) bond motifs is 1. The van der Waals surface area contributed by atoms with Gasteiger partial charge in [-0.3, -0.25) is 24.6 Å². The van der Waals surface area contributed by atoms with Gasteiger partial charge in [-0.2, -0.15) is 0 Å². The van der Waals surface area contributed by atoms with Gasteiger partial charge in [0.2, 0.25) is 5.60 Å². The van der Waals surface area contributed by atoms with Gasteiger partial charge in [0.25, 0.3) is 17.5 Å². The van der Waals surface area contributed by atoms with E-state index in [2.05, 4.69) is 47.0 Å². The molecule has 8 aromatic rings. The van der Waals surface area contributed by atoms with Crippen LogP contribution in [0.4, 0.5) is 10.8 Å². The van der Waals surface area contributed by atoms with Crippen LogP contribution in [0, 0.1) is 10.1 Å². The van der Waals surface area contributed by atoms with E-state index in [-0.39, 0.29) is 40.2 Å². The number of carbonyl (C=O) groups excluding carboxylic acids is 3. The molecule has 1 saturated heterocycles. The van der Waals surface area contributed by atoms with E-state index < -0.39 is 45.3 Å². The van der Waals surface area contributed by atoms with Crippen molar-refractivity contribution >= 4 is 69.0 Å². The van der Waals surface area contributed by atoms with E-state index >= 15 is 4.79 Å². The lowest BCUT2D eigenvalue weighted by Gasteiger charge is -2.49. The maximum atomic E-state index is 15.1. The summed E-state index contributed by atoms with van der Waals surface area (Å²) in [5.41, 5.74) is 2.87. The zero-order valence-corrected chi connectivity index (χ0v) is 41.0. The van der Waals surface area contributed by atoms with Gasteiger partial charge in [-0.25, -0.2) is 9.78 Å². The van der Waals surface area contributed by atoms with Crippen LogP contribution in [0.15, 0.2) is 228 Å². The zero-order valence-electron chi connectivity index (χ0n) is 38.6. The van der Waals surface area contributed by atoms with Crippen molar-refractivity contribution in [2.75, 3.05) is 11.1 Å². The molecule has 0 unspecified atom stereocenters. The maximum absolute atomic E-state index is 15.1. The molecule has 362 valence electrons. The summed E-state index contributed by atoms with van der Waals surface area (Å²) in [6.07, 6.45) is 0. The molecule has 2 N–H and O–H groups in total. The lowest BCUT2D eigenvalue weighted by atomic mass is 9.77. The second kappa shape index (κ2) is 21.2. The summed E-state index contributed by atoms with van der Waals surface area (Å²) in [6.45, 7) is -0.228. The zero-order chi connectivity index (χ0) is 50.4. The summed E-state index contributed by atoms with van der Waals surface area (Å²) in [7, 11) is 0. The fourth-order valence-corrected chi connectivity index (χ4v) is 11.4. The number of ether oxygens (including phenoxy) is 1. The fraction of sp³-hybridized carbons (Fsp3) is 0.105. The predicted octanol–water partition coefficient (Wildman–Crippen LogP) is 10.8. The molecule has 2 aliphatic heterocycles. The molecule has 13 nitrogen and oxygen atoms in total. The van der Waals surface area contributed by atoms with Gasteiger partial charge in [-0.05, 0) is 34.4 Å². The summed E-state index contributed by atoms with van der Waals surface area (Å²) < 4.78 is 5.56. The van der Waals surface area contributed by atoms with E-state index in [4.69, 9.17) is 31.3 Å². The first kappa shape index (κ1) is 48.3. The third kappa shape index (κ3) is 9.48. The predicted molar refractivity (Wildman–Crippen MR) is 283 cm³/mol. The number of thiazole rings is 1. The number of nitrogens with one attached hydrogen (secondary N) is 2. The van der Waals surface area contributed by atoms with E-state index in [9.17, 15) is 19.7 Å². The monoisotopic (exact) mass is 1020 g/mol. The molecule has 0 spiro atoms. The molecule has 0 bridgehead atoms. The number of benzene rings is 7. The van der Waals surface area contributed by atoms with Crippen LogP contribution >= 0.6 is 34.7 Å². The Hall–Kier alpha value is -8.37. The van der Waals surface area contributed by atoms with Crippen LogP contribution in [0.5, 0.6) is 0 Å². The molecule has 0 saturated carbocycles. The highest BCUT2D eigenvalue weighted by Crippen LogP contribution is 2.44. The highest BCUT2D eigenvalue weighted by Gasteiger charge is 2.55. The molecule has 7 aromatic carbocycles. The van der Waals surface area contributed by atoms with E-state index in [0.29, 0.717) is 10.7 Å².